The summed E-state index contributed by atoms with van der Waals surface area (Å²) in [5, 5.41) is 2.97. The van der Waals surface area contributed by atoms with Crippen LogP contribution in [0.3, 0.4) is 0 Å². The lowest BCUT2D eigenvalue weighted by Gasteiger charge is -2.17. The average molecular weight is 313 g/mol. The first kappa shape index (κ1) is 17.1. The molecular formula is C18H23N3O2. The lowest BCUT2D eigenvalue weighted by atomic mass is 10.0. The molecule has 2 aromatic rings. The molecule has 1 aromatic heterocycles. The first-order valence-corrected chi connectivity index (χ1v) is 7.66. The molecule has 0 bridgehead atoms. The number of ether oxygens (including phenoxy) is 1. The highest BCUT2D eigenvalue weighted by atomic mass is 16.5. The van der Waals surface area contributed by atoms with Gasteiger partial charge < -0.3 is 15.8 Å². The summed E-state index contributed by atoms with van der Waals surface area (Å²) in [6.07, 6.45) is 3.58. The van der Waals surface area contributed by atoms with E-state index in [1.165, 1.54) is 0 Å². The molecule has 23 heavy (non-hydrogen) atoms. The van der Waals surface area contributed by atoms with Crippen LogP contribution in [0.5, 0.6) is 0 Å². The first-order chi connectivity index (χ1) is 11.1. The normalized spacial score (nSPS) is 13.3. The Balaban J connectivity index is 1.97. The molecule has 2 atom stereocenters. The van der Waals surface area contributed by atoms with Crippen molar-refractivity contribution in [2.45, 2.75) is 25.5 Å². The minimum absolute atomic E-state index is 0.0620. The fourth-order valence-corrected chi connectivity index (χ4v) is 2.36. The van der Waals surface area contributed by atoms with Gasteiger partial charge in [-0.1, -0.05) is 24.3 Å². The van der Waals surface area contributed by atoms with Crippen molar-refractivity contribution in [2.24, 2.45) is 5.73 Å². The molecule has 0 spiro atoms. The van der Waals surface area contributed by atoms with E-state index in [-0.39, 0.29) is 24.5 Å². The Bertz CT molecular complexity index is 610. The standard InChI is InChI=1S/C18H23N3O2/c1-13(21-18(22)11-17(12-19)23-2)14-3-5-15(6-4-14)16-7-9-20-10-8-16/h3-10,13,17H,11-12,19H2,1-2H3,(H,21,22). The van der Waals surface area contributed by atoms with Crippen LogP contribution in [0.2, 0.25) is 0 Å². The van der Waals surface area contributed by atoms with Gasteiger partial charge in [0, 0.05) is 26.0 Å². The van der Waals surface area contributed by atoms with Gasteiger partial charge in [-0.2, -0.15) is 0 Å². The number of pyridine rings is 1. The van der Waals surface area contributed by atoms with Crippen molar-refractivity contribution in [1.82, 2.24) is 10.3 Å². The molecule has 0 saturated heterocycles. The van der Waals surface area contributed by atoms with Gasteiger partial charge in [0.25, 0.3) is 0 Å². The van der Waals surface area contributed by atoms with Gasteiger partial charge in [0.15, 0.2) is 0 Å². The highest BCUT2D eigenvalue weighted by Crippen LogP contribution is 2.21. The van der Waals surface area contributed by atoms with E-state index in [0.29, 0.717) is 6.54 Å². The molecule has 0 radical (unpaired) electrons. The van der Waals surface area contributed by atoms with Crippen molar-refractivity contribution < 1.29 is 9.53 Å². The van der Waals surface area contributed by atoms with E-state index in [1.807, 2.05) is 43.3 Å². The van der Waals surface area contributed by atoms with Gasteiger partial charge in [0.1, 0.15) is 0 Å². The van der Waals surface area contributed by atoms with Crippen LogP contribution in [0.1, 0.15) is 24.9 Å². The highest BCUT2D eigenvalue weighted by molar-refractivity contribution is 5.77. The molecule has 1 amide bonds. The number of hydrogen-bond donors (Lipinski definition) is 2. The molecule has 0 aliphatic rings. The third kappa shape index (κ3) is 4.87. The Labute approximate surface area is 136 Å². The summed E-state index contributed by atoms with van der Waals surface area (Å²) in [6, 6.07) is 12.0. The van der Waals surface area contributed by atoms with Crippen LogP contribution in [0.4, 0.5) is 0 Å². The molecule has 0 aliphatic heterocycles. The molecule has 0 saturated carbocycles. The van der Waals surface area contributed by atoms with Crippen molar-refractivity contribution in [1.29, 1.82) is 0 Å². The maximum Gasteiger partial charge on any atom is 0.223 e. The number of benzene rings is 1. The second kappa shape index (κ2) is 8.41. The lowest BCUT2D eigenvalue weighted by Crippen LogP contribution is -2.33. The molecule has 122 valence electrons. The van der Waals surface area contributed by atoms with Crippen LogP contribution in [0.15, 0.2) is 48.8 Å². The second-order valence-electron chi connectivity index (χ2n) is 5.44. The SMILES string of the molecule is COC(CN)CC(=O)NC(C)c1ccc(-c2ccncc2)cc1. The third-order valence-electron chi connectivity index (χ3n) is 3.81. The van der Waals surface area contributed by atoms with E-state index < -0.39 is 0 Å². The summed E-state index contributed by atoms with van der Waals surface area (Å²) in [4.78, 5) is 16.0. The van der Waals surface area contributed by atoms with E-state index in [0.717, 1.165) is 16.7 Å². The topological polar surface area (TPSA) is 77.2 Å². The number of carbonyl (C=O) groups is 1. The van der Waals surface area contributed by atoms with Gasteiger partial charge in [-0.3, -0.25) is 9.78 Å². The number of nitrogens with two attached hydrogens (primary N) is 1. The predicted octanol–water partition coefficient (Wildman–Crippen LogP) is 2.29. The Morgan fingerprint density at radius 3 is 2.35 bits per heavy atom. The van der Waals surface area contributed by atoms with Crippen LogP contribution in [-0.2, 0) is 9.53 Å². The molecule has 0 aliphatic carbocycles. The molecule has 2 unspecified atom stereocenters. The van der Waals surface area contributed by atoms with Gasteiger partial charge >= 0.3 is 0 Å². The number of rotatable bonds is 7. The smallest absolute Gasteiger partial charge is 0.223 e. The minimum atomic E-state index is -0.240. The van der Waals surface area contributed by atoms with Crippen molar-refractivity contribution in [3.63, 3.8) is 0 Å². The summed E-state index contributed by atoms with van der Waals surface area (Å²) in [7, 11) is 1.56. The molecular weight excluding hydrogens is 290 g/mol. The molecule has 5 nitrogen and oxygen atoms in total. The van der Waals surface area contributed by atoms with Gasteiger partial charge in [-0.25, -0.2) is 0 Å². The predicted molar refractivity (Wildman–Crippen MR) is 90.7 cm³/mol. The Hall–Kier alpha value is -2.24. The first-order valence-electron chi connectivity index (χ1n) is 7.66. The van der Waals surface area contributed by atoms with Crippen molar-refractivity contribution in [3.05, 3.63) is 54.4 Å². The maximum absolute atomic E-state index is 12.0. The number of carbonyl (C=O) groups excluding carboxylic acids is 1. The monoisotopic (exact) mass is 313 g/mol. The van der Waals surface area contributed by atoms with Crippen LogP contribution >= 0.6 is 0 Å². The number of amides is 1. The zero-order chi connectivity index (χ0) is 16.7. The summed E-state index contributed by atoms with van der Waals surface area (Å²) in [5.74, 6) is -0.0620. The summed E-state index contributed by atoms with van der Waals surface area (Å²) in [5.41, 5.74) is 8.83. The Kier molecular flexibility index (Phi) is 6.26. The summed E-state index contributed by atoms with van der Waals surface area (Å²) >= 11 is 0. The number of aromatic nitrogens is 1. The van der Waals surface area contributed by atoms with Gasteiger partial charge in [0.05, 0.1) is 18.6 Å². The third-order valence-corrected chi connectivity index (χ3v) is 3.81. The number of nitrogens with one attached hydrogen (secondary N) is 1. The van der Waals surface area contributed by atoms with E-state index in [4.69, 9.17) is 10.5 Å². The Morgan fingerprint density at radius 2 is 1.78 bits per heavy atom. The number of methoxy groups -OCH3 is 1. The van der Waals surface area contributed by atoms with Gasteiger partial charge in [-0.05, 0) is 35.7 Å². The van der Waals surface area contributed by atoms with E-state index in [1.54, 1.807) is 19.5 Å². The van der Waals surface area contributed by atoms with Crippen LogP contribution < -0.4 is 11.1 Å². The van der Waals surface area contributed by atoms with Crippen molar-refractivity contribution in [3.8, 4) is 11.1 Å². The fraction of sp³-hybridized carbons (Fsp3) is 0.333. The van der Waals surface area contributed by atoms with Crippen LogP contribution in [-0.4, -0.2) is 30.6 Å². The zero-order valence-electron chi connectivity index (χ0n) is 13.5. The van der Waals surface area contributed by atoms with Crippen LogP contribution in [0.25, 0.3) is 11.1 Å². The average Bonchev–Trinajstić information content (AvgIpc) is 2.60. The zero-order valence-corrected chi connectivity index (χ0v) is 13.5. The van der Waals surface area contributed by atoms with Gasteiger partial charge in [-0.15, -0.1) is 0 Å². The lowest BCUT2D eigenvalue weighted by molar-refractivity contribution is -0.124. The molecule has 3 N–H and O–H groups in total. The summed E-state index contributed by atoms with van der Waals surface area (Å²) < 4.78 is 5.13. The van der Waals surface area contributed by atoms with Gasteiger partial charge in [0.2, 0.25) is 5.91 Å². The van der Waals surface area contributed by atoms with E-state index >= 15 is 0 Å². The van der Waals surface area contributed by atoms with E-state index in [9.17, 15) is 4.79 Å². The highest BCUT2D eigenvalue weighted by Gasteiger charge is 2.14. The minimum Gasteiger partial charge on any atom is -0.380 e. The van der Waals surface area contributed by atoms with Crippen molar-refractivity contribution in [2.75, 3.05) is 13.7 Å². The molecule has 5 heteroatoms. The molecule has 0 fully saturated rings. The quantitative estimate of drug-likeness (QED) is 0.822. The number of hydrogen-bond acceptors (Lipinski definition) is 4. The molecule has 2 rings (SSSR count). The fourth-order valence-electron chi connectivity index (χ4n) is 2.36. The van der Waals surface area contributed by atoms with Crippen molar-refractivity contribution >= 4 is 5.91 Å². The largest absolute Gasteiger partial charge is 0.380 e. The summed E-state index contributed by atoms with van der Waals surface area (Å²) in [6.45, 7) is 2.29. The maximum atomic E-state index is 12.0. The second-order valence-corrected chi connectivity index (χ2v) is 5.44. The van der Waals surface area contributed by atoms with Crippen LogP contribution in [0, 0.1) is 0 Å². The Morgan fingerprint density at radius 1 is 1.17 bits per heavy atom. The van der Waals surface area contributed by atoms with E-state index in [2.05, 4.69) is 10.3 Å². The number of nitrogens with zero attached hydrogens (tertiary/aromatic N) is 1. The molecule has 1 heterocycles. The molecule has 1 aromatic carbocycles.